The van der Waals surface area contributed by atoms with Crippen LogP contribution in [0.15, 0.2) is 42.7 Å². The van der Waals surface area contributed by atoms with Crippen LogP contribution in [0.3, 0.4) is 0 Å². The first-order chi connectivity index (χ1) is 17.1. The lowest BCUT2D eigenvalue weighted by atomic mass is 9.92. The molecule has 8 nitrogen and oxygen atoms in total. The van der Waals surface area contributed by atoms with E-state index in [1.807, 2.05) is 31.6 Å². The summed E-state index contributed by atoms with van der Waals surface area (Å²) in [5, 5.41) is 9.79. The van der Waals surface area contributed by atoms with Gasteiger partial charge in [-0.25, -0.2) is 9.97 Å². The van der Waals surface area contributed by atoms with Crippen LogP contribution in [-0.4, -0.2) is 55.6 Å². The zero-order valence-corrected chi connectivity index (χ0v) is 20.3. The van der Waals surface area contributed by atoms with E-state index in [9.17, 15) is 4.79 Å². The second kappa shape index (κ2) is 8.85. The van der Waals surface area contributed by atoms with Crippen LogP contribution in [0.25, 0.3) is 11.1 Å². The van der Waals surface area contributed by atoms with Crippen molar-refractivity contribution in [1.82, 2.24) is 20.6 Å². The van der Waals surface area contributed by atoms with Crippen molar-refractivity contribution in [1.29, 1.82) is 0 Å². The first-order valence-corrected chi connectivity index (χ1v) is 12.4. The number of rotatable bonds is 5. The van der Waals surface area contributed by atoms with Gasteiger partial charge in [0.1, 0.15) is 11.6 Å². The van der Waals surface area contributed by atoms with Gasteiger partial charge in [-0.15, -0.1) is 0 Å². The molecule has 0 atom stereocenters. The maximum Gasteiger partial charge on any atom is 0.254 e. The number of aromatic nitrogens is 2. The Kier molecular flexibility index (Phi) is 5.53. The van der Waals surface area contributed by atoms with Crippen LogP contribution >= 0.6 is 0 Å². The van der Waals surface area contributed by atoms with E-state index in [1.165, 1.54) is 11.1 Å². The third-order valence-electron chi connectivity index (χ3n) is 7.63. The van der Waals surface area contributed by atoms with E-state index in [-0.39, 0.29) is 5.91 Å². The Morgan fingerprint density at radius 2 is 1.83 bits per heavy atom. The lowest BCUT2D eigenvalue weighted by Gasteiger charge is -2.33. The van der Waals surface area contributed by atoms with Crippen LogP contribution in [0, 0.1) is 0 Å². The van der Waals surface area contributed by atoms with Crippen molar-refractivity contribution in [3.63, 3.8) is 0 Å². The van der Waals surface area contributed by atoms with Gasteiger partial charge in [0.15, 0.2) is 0 Å². The molecule has 1 saturated heterocycles. The van der Waals surface area contributed by atoms with Gasteiger partial charge in [0.25, 0.3) is 5.91 Å². The summed E-state index contributed by atoms with van der Waals surface area (Å²) >= 11 is 0. The summed E-state index contributed by atoms with van der Waals surface area (Å²) in [6.07, 6.45) is 7.04. The maximum absolute atomic E-state index is 12.9. The average Bonchev–Trinajstić information content (AvgIpc) is 3.48. The molecule has 0 spiro atoms. The first-order valence-electron chi connectivity index (χ1n) is 12.4. The maximum atomic E-state index is 12.9. The quantitative estimate of drug-likeness (QED) is 0.529. The zero-order chi connectivity index (χ0) is 23.9. The molecule has 0 radical (unpaired) electrons. The molecule has 3 aliphatic rings. The van der Waals surface area contributed by atoms with Gasteiger partial charge in [-0.1, -0.05) is 6.07 Å². The molecule has 35 heavy (non-hydrogen) atoms. The molecule has 1 aromatic carbocycles. The molecule has 1 fully saturated rings. The molecule has 180 valence electrons. The summed E-state index contributed by atoms with van der Waals surface area (Å²) in [5.41, 5.74) is 7.20. The minimum atomic E-state index is -0.0452. The standard InChI is InChI=1S/C27H31N7O/c1-28-17-8-13-34(14-9-17)18-3-6-24(30-15-18)32-23-5-4-19(22-16-31-27(35)25(22)23)20-7-11-29-26-21(20)10-12-33(26)2/h3-7,11,15,17,28H,8-10,12-14,16H2,1-2H3,(H,30,32)(H,31,35). The predicted octanol–water partition coefficient (Wildman–Crippen LogP) is 3.31. The highest BCUT2D eigenvalue weighted by Crippen LogP contribution is 2.39. The fourth-order valence-corrected chi connectivity index (χ4v) is 5.61. The van der Waals surface area contributed by atoms with Gasteiger partial charge in [-0.2, -0.15) is 0 Å². The molecule has 5 heterocycles. The number of pyridine rings is 2. The highest BCUT2D eigenvalue weighted by Gasteiger charge is 2.29. The average molecular weight is 470 g/mol. The van der Waals surface area contributed by atoms with Crippen LogP contribution in [0.2, 0.25) is 0 Å². The lowest BCUT2D eigenvalue weighted by molar-refractivity contribution is 0.0966. The van der Waals surface area contributed by atoms with Gasteiger partial charge in [0.2, 0.25) is 0 Å². The van der Waals surface area contributed by atoms with E-state index in [2.05, 4.69) is 61.0 Å². The van der Waals surface area contributed by atoms with Crippen molar-refractivity contribution in [2.45, 2.75) is 31.8 Å². The zero-order valence-electron chi connectivity index (χ0n) is 20.3. The number of benzene rings is 1. The fourth-order valence-electron chi connectivity index (χ4n) is 5.61. The first kappa shape index (κ1) is 21.9. The molecule has 3 aromatic rings. The highest BCUT2D eigenvalue weighted by molar-refractivity contribution is 6.06. The summed E-state index contributed by atoms with van der Waals surface area (Å²) < 4.78 is 0. The largest absolute Gasteiger partial charge is 0.370 e. The molecule has 0 unspecified atom stereocenters. The van der Waals surface area contributed by atoms with Gasteiger partial charge < -0.3 is 25.8 Å². The molecule has 8 heteroatoms. The number of amides is 1. The molecular weight excluding hydrogens is 438 g/mol. The predicted molar refractivity (Wildman–Crippen MR) is 140 cm³/mol. The van der Waals surface area contributed by atoms with Gasteiger partial charge in [0, 0.05) is 51.0 Å². The molecule has 3 aliphatic heterocycles. The Morgan fingerprint density at radius 3 is 2.60 bits per heavy atom. The molecule has 2 aromatic heterocycles. The Morgan fingerprint density at radius 1 is 1.00 bits per heavy atom. The topological polar surface area (TPSA) is 85.4 Å². The van der Waals surface area contributed by atoms with E-state index in [4.69, 9.17) is 0 Å². The minimum Gasteiger partial charge on any atom is -0.370 e. The minimum absolute atomic E-state index is 0.0452. The monoisotopic (exact) mass is 469 g/mol. The van der Waals surface area contributed by atoms with Gasteiger partial charge in [0.05, 0.1) is 23.1 Å². The van der Waals surface area contributed by atoms with Crippen molar-refractivity contribution >= 4 is 28.9 Å². The summed E-state index contributed by atoms with van der Waals surface area (Å²) in [5.74, 6) is 1.73. The van der Waals surface area contributed by atoms with Crippen molar-refractivity contribution in [3.05, 3.63) is 59.4 Å². The number of carbonyl (C=O) groups is 1. The number of fused-ring (bicyclic) bond motifs is 2. The molecule has 0 saturated carbocycles. The van der Waals surface area contributed by atoms with E-state index in [1.54, 1.807) is 0 Å². The second-order valence-electron chi connectivity index (χ2n) is 9.61. The van der Waals surface area contributed by atoms with Crippen LogP contribution < -0.4 is 25.8 Å². The van der Waals surface area contributed by atoms with E-state index < -0.39 is 0 Å². The summed E-state index contributed by atoms with van der Waals surface area (Å²) in [7, 11) is 4.11. The lowest BCUT2D eigenvalue weighted by Crippen LogP contribution is -2.41. The fraction of sp³-hybridized carbons (Fsp3) is 0.370. The smallest absolute Gasteiger partial charge is 0.254 e. The third-order valence-corrected chi connectivity index (χ3v) is 7.63. The van der Waals surface area contributed by atoms with Crippen LogP contribution in [0.5, 0.6) is 0 Å². The Labute approximate surface area is 205 Å². The molecule has 3 N–H and O–H groups in total. The molecular formula is C27H31N7O. The van der Waals surface area contributed by atoms with Crippen LogP contribution in [-0.2, 0) is 13.0 Å². The van der Waals surface area contributed by atoms with Gasteiger partial charge in [-0.05, 0) is 67.3 Å². The van der Waals surface area contributed by atoms with E-state index >= 15 is 0 Å². The van der Waals surface area contributed by atoms with E-state index in [0.29, 0.717) is 18.2 Å². The third kappa shape index (κ3) is 3.87. The SMILES string of the molecule is CNC1CCN(c2ccc(Nc3ccc(-c4ccnc5c4CCN5C)c4c3C(=O)NC4)nc2)CC1. The number of carbonyl (C=O) groups excluding carboxylic acids is 1. The van der Waals surface area contributed by atoms with Crippen LogP contribution in [0.4, 0.5) is 23.0 Å². The number of nitrogens with one attached hydrogen (secondary N) is 3. The molecule has 0 aliphatic carbocycles. The number of hydrogen-bond acceptors (Lipinski definition) is 7. The van der Waals surface area contributed by atoms with E-state index in [0.717, 1.165) is 73.0 Å². The molecule has 1 amide bonds. The van der Waals surface area contributed by atoms with Crippen molar-refractivity contribution in [2.24, 2.45) is 0 Å². The Hall–Kier alpha value is -3.65. The van der Waals surface area contributed by atoms with Gasteiger partial charge in [-0.3, -0.25) is 4.79 Å². The highest BCUT2D eigenvalue weighted by atomic mass is 16.1. The number of anilines is 4. The molecule has 0 bridgehead atoms. The van der Waals surface area contributed by atoms with Crippen molar-refractivity contribution in [3.8, 4) is 11.1 Å². The number of nitrogens with zero attached hydrogens (tertiary/aromatic N) is 4. The second-order valence-corrected chi connectivity index (χ2v) is 9.61. The number of hydrogen-bond donors (Lipinski definition) is 3. The number of likely N-dealkylation sites (N-methyl/N-ethyl adjacent to an activating group) is 1. The van der Waals surface area contributed by atoms with Crippen molar-refractivity contribution in [2.75, 3.05) is 48.8 Å². The van der Waals surface area contributed by atoms with Crippen LogP contribution in [0.1, 0.15) is 34.3 Å². The normalized spacial score (nSPS) is 17.4. The number of piperidine rings is 1. The molecule has 6 rings (SSSR count). The summed E-state index contributed by atoms with van der Waals surface area (Å²) in [6.45, 7) is 3.56. The Bertz CT molecular complexity index is 1270. The van der Waals surface area contributed by atoms with Crippen molar-refractivity contribution < 1.29 is 4.79 Å². The summed E-state index contributed by atoms with van der Waals surface area (Å²) in [6, 6.07) is 10.9. The summed E-state index contributed by atoms with van der Waals surface area (Å²) in [4.78, 5) is 26.7. The van der Waals surface area contributed by atoms with Gasteiger partial charge >= 0.3 is 0 Å². The Balaban J connectivity index is 1.27.